The van der Waals surface area contributed by atoms with Crippen LogP contribution < -0.4 is 5.32 Å². The van der Waals surface area contributed by atoms with Crippen LogP contribution in [-0.2, 0) is 14.3 Å². The van der Waals surface area contributed by atoms with Crippen molar-refractivity contribution in [3.8, 4) is 0 Å². The van der Waals surface area contributed by atoms with E-state index < -0.39 is 0 Å². The smallest absolute Gasteiger partial charge is 0.316 e. The lowest BCUT2D eigenvalue weighted by atomic mass is 10.2. The Morgan fingerprint density at radius 3 is 3.08 bits per heavy atom. The van der Waals surface area contributed by atoms with E-state index in [-0.39, 0.29) is 17.8 Å². The van der Waals surface area contributed by atoms with Gasteiger partial charge in [-0.25, -0.2) is 9.97 Å². The zero-order valence-corrected chi connectivity index (χ0v) is 14.5. The third-order valence-corrected chi connectivity index (χ3v) is 4.55. The van der Waals surface area contributed by atoms with Crippen LogP contribution in [0.5, 0.6) is 0 Å². The minimum Gasteiger partial charge on any atom is -0.465 e. The zero-order valence-electron chi connectivity index (χ0n) is 13.7. The molecule has 24 heavy (non-hydrogen) atoms. The lowest BCUT2D eigenvalue weighted by molar-refractivity contribution is -0.139. The lowest BCUT2D eigenvalue weighted by Gasteiger charge is -2.13. The standard InChI is InChI=1S/C17H21N3O3S/c1-2-22-15(21)11-24-17-19-14-8-4-3-7-13(14)16(20-17)18-10-12-6-5-9-23-12/h3-4,7-8,12H,2,5-6,9-11H2,1H3,(H,18,19,20). The highest BCUT2D eigenvalue weighted by Crippen LogP contribution is 2.25. The van der Waals surface area contributed by atoms with E-state index in [1.54, 1.807) is 6.92 Å². The van der Waals surface area contributed by atoms with Gasteiger partial charge in [0.05, 0.1) is 24.0 Å². The summed E-state index contributed by atoms with van der Waals surface area (Å²) in [5.41, 5.74) is 0.855. The van der Waals surface area contributed by atoms with Gasteiger partial charge in [0.15, 0.2) is 5.16 Å². The number of rotatable bonds is 7. The van der Waals surface area contributed by atoms with Gasteiger partial charge in [-0.1, -0.05) is 23.9 Å². The van der Waals surface area contributed by atoms with Crippen LogP contribution in [0.1, 0.15) is 19.8 Å². The fraction of sp³-hybridized carbons (Fsp3) is 0.471. The number of nitrogens with zero attached hydrogens (tertiary/aromatic N) is 2. The van der Waals surface area contributed by atoms with E-state index in [0.29, 0.717) is 11.8 Å². The number of carbonyl (C=O) groups is 1. The number of nitrogens with one attached hydrogen (secondary N) is 1. The summed E-state index contributed by atoms with van der Waals surface area (Å²) >= 11 is 1.29. The van der Waals surface area contributed by atoms with Crippen LogP contribution in [0, 0.1) is 0 Å². The van der Waals surface area contributed by atoms with Gasteiger partial charge < -0.3 is 14.8 Å². The molecule has 1 aromatic heterocycles. The quantitative estimate of drug-likeness (QED) is 0.469. The molecule has 2 aromatic rings. The first kappa shape index (κ1) is 17.0. The van der Waals surface area contributed by atoms with Crippen molar-refractivity contribution >= 4 is 34.5 Å². The van der Waals surface area contributed by atoms with E-state index in [2.05, 4.69) is 15.3 Å². The summed E-state index contributed by atoms with van der Waals surface area (Å²) < 4.78 is 10.6. The minimum atomic E-state index is -0.256. The molecule has 0 radical (unpaired) electrons. The maximum Gasteiger partial charge on any atom is 0.316 e. The van der Waals surface area contributed by atoms with Crippen molar-refractivity contribution in [3.63, 3.8) is 0 Å². The summed E-state index contributed by atoms with van der Waals surface area (Å²) in [7, 11) is 0. The summed E-state index contributed by atoms with van der Waals surface area (Å²) in [5.74, 6) is 0.729. The summed E-state index contributed by atoms with van der Waals surface area (Å²) in [4.78, 5) is 20.6. The van der Waals surface area contributed by atoms with Gasteiger partial charge in [0.1, 0.15) is 5.82 Å². The second-order valence-corrected chi connectivity index (χ2v) is 6.42. The van der Waals surface area contributed by atoms with Gasteiger partial charge in [0.2, 0.25) is 0 Å². The Hall–Kier alpha value is -1.86. The van der Waals surface area contributed by atoms with Crippen molar-refractivity contribution in [1.82, 2.24) is 9.97 Å². The fourth-order valence-corrected chi connectivity index (χ4v) is 3.25. The van der Waals surface area contributed by atoms with Crippen LogP contribution in [0.25, 0.3) is 10.9 Å². The van der Waals surface area contributed by atoms with Crippen molar-refractivity contribution in [2.45, 2.75) is 31.0 Å². The van der Waals surface area contributed by atoms with Crippen LogP contribution in [0.4, 0.5) is 5.82 Å². The Morgan fingerprint density at radius 1 is 1.42 bits per heavy atom. The van der Waals surface area contributed by atoms with Crippen LogP contribution in [0.3, 0.4) is 0 Å². The Morgan fingerprint density at radius 2 is 2.29 bits per heavy atom. The number of esters is 1. The number of thioether (sulfide) groups is 1. The van der Waals surface area contributed by atoms with Gasteiger partial charge in [0, 0.05) is 18.5 Å². The molecular weight excluding hydrogens is 326 g/mol. The second kappa shape index (κ2) is 8.30. The average Bonchev–Trinajstić information content (AvgIpc) is 3.11. The average molecular weight is 347 g/mol. The molecular formula is C17H21N3O3S. The monoisotopic (exact) mass is 347 g/mol. The number of para-hydroxylation sites is 1. The number of aromatic nitrogens is 2. The first-order chi connectivity index (χ1) is 11.8. The van der Waals surface area contributed by atoms with Crippen LogP contribution >= 0.6 is 11.8 Å². The van der Waals surface area contributed by atoms with Gasteiger partial charge in [-0.2, -0.15) is 0 Å². The Bertz CT molecular complexity index is 705. The number of fused-ring (bicyclic) bond motifs is 1. The third kappa shape index (κ3) is 4.36. The number of hydrogen-bond acceptors (Lipinski definition) is 7. The molecule has 128 valence electrons. The van der Waals surface area contributed by atoms with Crippen molar-refractivity contribution in [2.24, 2.45) is 0 Å². The molecule has 1 aromatic carbocycles. The lowest BCUT2D eigenvalue weighted by Crippen LogP contribution is -2.19. The number of anilines is 1. The van der Waals surface area contributed by atoms with Crippen LogP contribution in [-0.4, -0.2) is 47.6 Å². The first-order valence-corrected chi connectivity index (χ1v) is 9.15. The molecule has 0 bridgehead atoms. The SMILES string of the molecule is CCOC(=O)CSc1nc(NCC2CCCO2)c2ccccc2n1. The second-order valence-electron chi connectivity index (χ2n) is 5.48. The number of benzene rings is 1. The van der Waals surface area contributed by atoms with Gasteiger partial charge in [0.25, 0.3) is 0 Å². The molecule has 0 amide bonds. The van der Waals surface area contributed by atoms with Crippen molar-refractivity contribution in [2.75, 3.05) is 30.8 Å². The predicted octanol–water partition coefficient (Wildman–Crippen LogP) is 2.88. The predicted molar refractivity (Wildman–Crippen MR) is 94.4 cm³/mol. The molecule has 6 nitrogen and oxygen atoms in total. The van der Waals surface area contributed by atoms with E-state index in [1.165, 1.54) is 11.8 Å². The van der Waals surface area contributed by atoms with Gasteiger partial charge in [-0.3, -0.25) is 4.79 Å². The summed E-state index contributed by atoms with van der Waals surface area (Å²) in [6.07, 6.45) is 2.41. The molecule has 2 heterocycles. The molecule has 1 unspecified atom stereocenters. The number of carbonyl (C=O) groups excluding carboxylic acids is 1. The molecule has 0 saturated carbocycles. The highest BCUT2D eigenvalue weighted by atomic mass is 32.2. The van der Waals surface area contributed by atoms with Crippen LogP contribution in [0.15, 0.2) is 29.4 Å². The van der Waals surface area contributed by atoms with Gasteiger partial charge >= 0.3 is 5.97 Å². The summed E-state index contributed by atoms with van der Waals surface area (Å²) in [5, 5.41) is 4.91. The van der Waals surface area contributed by atoms with Crippen molar-refractivity contribution in [3.05, 3.63) is 24.3 Å². The molecule has 1 fully saturated rings. The number of hydrogen-bond donors (Lipinski definition) is 1. The molecule has 0 spiro atoms. The van der Waals surface area contributed by atoms with E-state index >= 15 is 0 Å². The van der Waals surface area contributed by atoms with Crippen molar-refractivity contribution < 1.29 is 14.3 Å². The third-order valence-electron chi connectivity index (χ3n) is 3.73. The fourth-order valence-electron chi connectivity index (χ4n) is 2.60. The van der Waals surface area contributed by atoms with Crippen LogP contribution in [0.2, 0.25) is 0 Å². The first-order valence-electron chi connectivity index (χ1n) is 8.17. The normalized spacial score (nSPS) is 17.1. The van der Waals surface area contributed by atoms with E-state index in [1.807, 2.05) is 24.3 Å². The Labute approximate surface area is 145 Å². The molecule has 7 heteroatoms. The Kier molecular flexibility index (Phi) is 5.87. The molecule has 1 atom stereocenters. The minimum absolute atomic E-state index is 0.206. The maximum absolute atomic E-state index is 11.5. The zero-order chi connectivity index (χ0) is 16.8. The van der Waals surface area contributed by atoms with Gasteiger partial charge in [-0.15, -0.1) is 0 Å². The van der Waals surface area contributed by atoms with Crippen molar-refractivity contribution in [1.29, 1.82) is 0 Å². The molecule has 1 saturated heterocycles. The van der Waals surface area contributed by atoms with E-state index in [9.17, 15) is 4.79 Å². The molecule has 1 N–H and O–H groups in total. The van der Waals surface area contributed by atoms with Gasteiger partial charge in [-0.05, 0) is 31.9 Å². The Balaban J connectivity index is 1.75. The molecule has 1 aliphatic heterocycles. The summed E-state index contributed by atoms with van der Waals surface area (Å²) in [6.45, 7) is 3.73. The largest absolute Gasteiger partial charge is 0.465 e. The highest BCUT2D eigenvalue weighted by Gasteiger charge is 2.16. The maximum atomic E-state index is 11.5. The number of ether oxygens (including phenoxy) is 2. The molecule has 3 rings (SSSR count). The van der Waals surface area contributed by atoms with E-state index in [0.717, 1.165) is 42.7 Å². The summed E-state index contributed by atoms with van der Waals surface area (Å²) in [6, 6.07) is 7.85. The topological polar surface area (TPSA) is 73.3 Å². The van der Waals surface area contributed by atoms with E-state index in [4.69, 9.17) is 9.47 Å². The highest BCUT2D eigenvalue weighted by molar-refractivity contribution is 7.99. The molecule has 1 aliphatic rings. The molecule has 0 aliphatic carbocycles.